The minimum atomic E-state index is -0.526. The van der Waals surface area contributed by atoms with Gasteiger partial charge in [-0.05, 0) is 54.5 Å². The van der Waals surface area contributed by atoms with Crippen LogP contribution in [-0.4, -0.2) is 25.5 Å². The second-order valence-corrected chi connectivity index (χ2v) is 9.78. The van der Waals surface area contributed by atoms with Crippen LogP contribution < -0.4 is 15.4 Å². The van der Waals surface area contributed by atoms with Gasteiger partial charge in [0.1, 0.15) is 11.6 Å². The summed E-state index contributed by atoms with van der Waals surface area (Å²) in [5, 5.41) is 1.95. The van der Waals surface area contributed by atoms with Gasteiger partial charge < -0.3 is 15.2 Å². The number of nitrogens with two attached hydrogens (primary N) is 1. The summed E-state index contributed by atoms with van der Waals surface area (Å²) in [6.07, 6.45) is 1.08. The Balaban J connectivity index is 1.98. The molecule has 32 heavy (non-hydrogen) atoms. The number of ketones is 1. The zero-order valence-electron chi connectivity index (χ0n) is 18.8. The quantitative estimate of drug-likeness (QED) is 0.660. The predicted octanol–water partition coefficient (Wildman–Crippen LogP) is 4.74. The third-order valence-electron chi connectivity index (χ3n) is 5.91. The molecule has 1 atom stereocenters. The number of carbonyl (C=O) groups excluding carboxylic acids is 2. The minimum absolute atomic E-state index is 0.0439. The first kappa shape index (κ1) is 22.1. The van der Waals surface area contributed by atoms with Crippen molar-refractivity contribution >= 4 is 28.8 Å². The van der Waals surface area contributed by atoms with E-state index in [1.165, 1.54) is 11.3 Å². The standard InChI is InChI=1S/C25H28N2O4S/c1-5-31-24(29)22-21(19-7-6-12-32-19)20-17(13-25(2,3)14-18(20)28)27(23(22)26)15-8-10-16(30-4)11-9-15/h6-12,21H,5,13-14,26H2,1-4H3/t21-/m0/s1. The van der Waals surface area contributed by atoms with E-state index in [4.69, 9.17) is 15.2 Å². The molecule has 7 heteroatoms. The molecule has 1 aliphatic heterocycles. The molecule has 0 bridgehead atoms. The molecule has 0 unspecified atom stereocenters. The molecule has 2 N–H and O–H groups in total. The maximum atomic E-state index is 13.5. The molecule has 0 saturated heterocycles. The number of hydrogen-bond acceptors (Lipinski definition) is 7. The van der Waals surface area contributed by atoms with Gasteiger partial charge in [0.2, 0.25) is 0 Å². The van der Waals surface area contributed by atoms with Gasteiger partial charge in [-0.3, -0.25) is 9.69 Å². The molecule has 1 aromatic carbocycles. The van der Waals surface area contributed by atoms with Crippen LogP contribution in [0.15, 0.2) is 64.4 Å². The SMILES string of the molecule is CCOC(=O)C1=C(N)N(c2ccc(OC)cc2)C2=C(C(=O)CC(C)(C)C2)[C@@H]1c1cccs1. The average molecular weight is 453 g/mol. The van der Waals surface area contributed by atoms with Crippen molar-refractivity contribution in [2.75, 3.05) is 18.6 Å². The number of hydrogen-bond donors (Lipinski definition) is 1. The fourth-order valence-corrected chi connectivity index (χ4v) is 5.43. The van der Waals surface area contributed by atoms with Crippen LogP contribution in [0.3, 0.4) is 0 Å². The number of methoxy groups -OCH3 is 1. The van der Waals surface area contributed by atoms with Gasteiger partial charge >= 0.3 is 5.97 Å². The fourth-order valence-electron chi connectivity index (χ4n) is 4.58. The number of carbonyl (C=O) groups is 2. The Bertz CT molecular complexity index is 1100. The van der Waals surface area contributed by atoms with Crippen molar-refractivity contribution in [3.63, 3.8) is 0 Å². The summed E-state index contributed by atoms with van der Waals surface area (Å²) >= 11 is 1.51. The van der Waals surface area contributed by atoms with E-state index in [2.05, 4.69) is 13.8 Å². The van der Waals surface area contributed by atoms with Crippen LogP contribution in [0.4, 0.5) is 5.69 Å². The lowest BCUT2D eigenvalue weighted by Crippen LogP contribution is -2.43. The third-order valence-corrected chi connectivity index (χ3v) is 6.85. The predicted molar refractivity (Wildman–Crippen MR) is 125 cm³/mol. The lowest BCUT2D eigenvalue weighted by Gasteiger charge is -2.44. The fraction of sp³-hybridized carbons (Fsp3) is 0.360. The first-order chi connectivity index (χ1) is 15.3. The van der Waals surface area contributed by atoms with E-state index in [-0.39, 0.29) is 17.8 Å². The van der Waals surface area contributed by atoms with Crippen molar-refractivity contribution in [1.29, 1.82) is 0 Å². The van der Waals surface area contributed by atoms with Crippen molar-refractivity contribution < 1.29 is 19.1 Å². The summed E-state index contributed by atoms with van der Waals surface area (Å²) in [5.41, 5.74) is 9.08. The number of thiophene rings is 1. The summed E-state index contributed by atoms with van der Waals surface area (Å²) in [6, 6.07) is 11.3. The molecular weight excluding hydrogens is 424 g/mol. The zero-order chi connectivity index (χ0) is 23.0. The maximum Gasteiger partial charge on any atom is 0.338 e. The van der Waals surface area contributed by atoms with E-state index in [1.807, 2.05) is 46.7 Å². The van der Waals surface area contributed by atoms with Crippen molar-refractivity contribution in [2.45, 2.75) is 39.5 Å². The van der Waals surface area contributed by atoms with E-state index in [0.717, 1.165) is 16.3 Å². The van der Waals surface area contributed by atoms with Crippen molar-refractivity contribution in [2.24, 2.45) is 11.1 Å². The van der Waals surface area contributed by atoms with Gasteiger partial charge in [-0.1, -0.05) is 19.9 Å². The Morgan fingerprint density at radius 1 is 1.22 bits per heavy atom. The molecule has 168 valence electrons. The molecule has 0 saturated carbocycles. The number of esters is 1. The van der Waals surface area contributed by atoms with Gasteiger partial charge in [0.15, 0.2) is 5.78 Å². The molecule has 0 amide bonds. The van der Waals surface area contributed by atoms with E-state index >= 15 is 0 Å². The Morgan fingerprint density at radius 2 is 1.94 bits per heavy atom. The second-order valence-electron chi connectivity index (χ2n) is 8.80. The Morgan fingerprint density at radius 3 is 2.53 bits per heavy atom. The van der Waals surface area contributed by atoms with E-state index in [9.17, 15) is 9.59 Å². The molecule has 2 heterocycles. The van der Waals surface area contributed by atoms with Crippen LogP contribution in [-0.2, 0) is 14.3 Å². The zero-order valence-corrected chi connectivity index (χ0v) is 19.6. The number of nitrogens with zero attached hydrogens (tertiary/aromatic N) is 1. The molecule has 1 aromatic heterocycles. The van der Waals surface area contributed by atoms with Crippen molar-refractivity contribution in [3.05, 3.63) is 69.3 Å². The summed E-state index contributed by atoms with van der Waals surface area (Å²) in [4.78, 5) is 29.5. The highest BCUT2D eigenvalue weighted by Crippen LogP contribution is 2.51. The van der Waals surface area contributed by atoms with E-state index < -0.39 is 11.9 Å². The molecule has 0 fully saturated rings. The van der Waals surface area contributed by atoms with Crippen LogP contribution >= 0.6 is 11.3 Å². The lowest BCUT2D eigenvalue weighted by molar-refractivity contribution is -0.138. The van der Waals surface area contributed by atoms with E-state index in [0.29, 0.717) is 35.6 Å². The van der Waals surface area contributed by atoms with Crippen molar-refractivity contribution in [1.82, 2.24) is 0 Å². The maximum absolute atomic E-state index is 13.5. The van der Waals surface area contributed by atoms with Crippen LogP contribution in [0.25, 0.3) is 0 Å². The molecule has 6 nitrogen and oxygen atoms in total. The molecule has 2 aromatic rings. The molecule has 0 radical (unpaired) electrons. The number of anilines is 1. The molecular formula is C25H28N2O4S. The smallest absolute Gasteiger partial charge is 0.338 e. The Labute approximate surface area is 192 Å². The largest absolute Gasteiger partial charge is 0.497 e. The summed E-state index contributed by atoms with van der Waals surface area (Å²) < 4.78 is 10.7. The molecule has 1 aliphatic carbocycles. The second kappa shape index (κ2) is 8.47. The first-order valence-corrected chi connectivity index (χ1v) is 11.6. The Kier molecular flexibility index (Phi) is 5.86. The normalized spacial score (nSPS) is 20.3. The topological polar surface area (TPSA) is 81.9 Å². The van der Waals surface area contributed by atoms with Gasteiger partial charge in [0.25, 0.3) is 0 Å². The van der Waals surface area contributed by atoms with Crippen molar-refractivity contribution in [3.8, 4) is 5.75 Å². The highest BCUT2D eigenvalue weighted by molar-refractivity contribution is 7.10. The third kappa shape index (κ3) is 3.81. The number of allylic oxidation sites excluding steroid dienone is 2. The first-order valence-electron chi connectivity index (χ1n) is 10.7. The van der Waals surface area contributed by atoms with Crippen LogP contribution in [0.2, 0.25) is 0 Å². The summed E-state index contributed by atoms with van der Waals surface area (Å²) in [5.74, 6) is 0.0385. The number of ether oxygens (including phenoxy) is 2. The van der Waals surface area contributed by atoms with Gasteiger partial charge in [-0.15, -0.1) is 11.3 Å². The van der Waals surface area contributed by atoms with E-state index in [1.54, 1.807) is 14.0 Å². The highest BCUT2D eigenvalue weighted by Gasteiger charge is 2.46. The average Bonchev–Trinajstić information content (AvgIpc) is 3.27. The van der Waals surface area contributed by atoms with Crippen LogP contribution in [0.5, 0.6) is 5.75 Å². The summed E-state index contributed by atoms with van der Waals surface area (Å²) in [7, 11) is 1.61. The number of Topliss-reactive ketones (excluding diaryl/α,β-unsaturated/α-hetero) is 1. The molecule has 4 rings (SSSR count). The van der Waals surface area contributed by atoms with Gasteiger partial charge in [-0.2, -0.15) is 0 Å². The number of benzene rings is 1. The monoisotopic (exact) mass is 452 g/mol. The highest BCUT2D eigenvalue weighted by atomic mass is 32.1. The van der Waals surface area contributed by atoms with Gasteiger partial charge in [0, 0.05) is 28.3 Å². The Hall–Kier alpha value is -3.06. The summed E-state index contributed by atoms with van der Waals surface area (Å²) in [6.45, 7) is 6.16. The molecule has 2 aliphatic rings. The van der Waals surface area contributed by atoms with Crippen LogP contribution in [0, 0.1) is 5.41 Å². The van der Waals surface area contributed by atoms with Gasteiger partial charge in [-0.25, -0.2) is 4.79 Å². The van der Waals surface area contributed by atoms with Gasteiger partial charge in [0.05, 0.1) is 25.2 Å². The van der Waals surface area contributed by atoms with Crippen LogP contribution in [0.1, 0.15) is 44.4 Å². The minimum Gasteiger partial charge on any atom is -0.497 e. The lowest BCUT2D eigenvalue weighted by atomic mass is 9.69. The number of rotatable bonds is 5. The molecule has 0 spiro atoms.